The van der Waals surface area contributed by atoms with Gasteiger partial charge in [0.05, 0.1) is 18.3 Å². The Hall–Kier alpha value is -1.36. The maximum absolute atomic E-state index is 10.4. The number of rotatable bonds is 6. The van der Waals surface area contributed by atoms with Crippen LogP contribution in [0, 0.1) is 0 Å². The lowest BCUT2D eigenvalue weighted by atomic mass is 10.2. The molecule has 0 spiro atoms. The lowest BCUT2D eigenvalue weighted by Crippen LogP contribution is -2.20. The van der Waals surface area contributed by atoms with E-state index in [2.05, 4.69) is 11.3 Å². The van der Waals surface area contributed by atoms with Crippen LogP contribution in [-0.4, -0.2) is 36.4 Å². The van der Waals surface area contributed by atoms with Gasteiger partial charge in [-0.05, 0) is 6.92 Å². The van der Waals surface area contributed by atoms with E-state index in [4.69, 9.17) is 9.84 Å². The molecule has 80 valence electrons. The van der Waals surface area contributed by atoms with Crippen molar-refractivity contribution < 1.29 is 24.2 Å². The van der Waals surface area contributed by atoms with Crippen molar-refractivity contribution in [3.63, 3.8) is 0 Å². The van der Waals surface area contributed by atoms with Crippen LogP contribution in [0.4, 0.5) is 0 Å². The van der Waals surface area contributed by atoms with E-state index < -0.39 is 18.0 Å². The Labute approximate surface area is 82.3 Å². The second-order valence-corrected chi connectivity index (χ2v) is 2.68. The van der Waals surface area contributed by atoms with Crippen LogP contribution in [-0.2, 0) is 19.1 Å². The minimum Gasteiger partial charge on any atom is -0.478 e. The summed E-state index contributed by atoms with van der Waals surface area (Å²) in [5.41, 5.74) is -0.0205. The Kier molecular flexibility index (Phi) is 5.55. The fraction of sp³-hybridized carbons (Fsp3) is 0.556. The molecule has 0 aliphatic carbocycles. The minimum atomic E-state index is -1.09. The number of carboxylic acid groups (broad SMARTS) is 1. The van der Waals surface area contributed by atoms with E-state index in [0.717, 1.165) is 0 Å². The molecule has 1 N–H and O–H groups in total. The number of carbonyl (C=O) groups is 2. The lowest BCUT2D eigenvalue weighted by Gasteiger charge is -2.12. The summed E-state index contributed by atoms with van der Waals surface area (Å²) in [6.45, 7) is 6.48. The molecule has 0 aromatic carbocycles. The summed E-state index contributed by atoms with van der Waals surface area (Å²) >= 11 is 0. The first-order chi connectivity index (χ1) is 6.45. The standard InChI is InChI=1S/C9H14O5/c1-6(9(11)12)7(2)13-4-5-14-8(3)10/h7H,1,4-5H2,2-3H3,(H,11,12). The molecule has 0 aliphatic heterocycles. The van der Waals surface area contributed by atoms with Gasteiger partial charge in [0.25, 0.3) is 0 Å². The second kappa shape index (κ2) is 6.15. The first-order valence-electron chi connectivity index (χ1n) is 4.12. The van der Waals surface area contributed by atoms with E-state index in [0.29, 0.717) is 0 Å². The summed E-state index contributed by atoms with van der Waals surface area (Å²) in [6.07, 6.45) is -0.581. The predicted molar refractivity (Wildman–Crippen MR) is 48.8 cm³/mol. The van der Waals surface area contributed by atoms with Gasteiger partial charge < -0.3 is 14.6 Å². The molecular formula is C9H14O5. The zero-order chi connectivity index (χ0) is 11.1. The second-order valence-electron chi connectivity index (χ2n) is 2.68. The van der Waals surface area contributed by atoms with E-state index in [1.54, 1.807) is 6.92 Å². The van der Waals surface area contributed by atoms with Gasteiger partial charge in [0.2, 0.25) is 0 Å². The monoisotopic (exact) mass is 202 g/mol. The third-order valence-electron chi connectivity index (χ3n) is 1.52. The molecule has 1 unspecified atom stereocenters. The molecule has 1 atom stereocenters. The highest BCUT2D eigenvalue weighted by Crippen LogP contribution is 2.03. The fourth-order valence-corrected chi connectivity index (χ4v) is 0.685. The molecule has 14 heavy (non-hydrogen) atoms. The van der Waals surface area contributed by atoms with Gasteiger partial charge in [-0.25, -0.2) is 4.79 Å². The molecule has 0 fully saturated rings. The Morgan fingerprint density at radius 3 is 2.43 bits per heavy atom. The maximum atomic E-state index is 10.4. The summed E-state index contributed by atoms with van der Waals surface area (Å²) in [5, 5.41) is 8.53. The average Bonchev–Trinajstić information content (AvgIpc) is 2.10. The highest BCUT2D eigenvalue weighted by atomic mass is 16.6. The summed E-state index contributed by atoms with van der Waals surface area (Å²) in [5.74, 6) is -1.48. The molecule has 0 bridgehead atoms. The van der Waals surface area contributed by atoms with Crippen LogP contribution in [0.3, 0.4) is 0 Å². The van der Waals surface area contributed by atoms with Crippen LogP contribution in [0.1, 0.15) is 13.8 Å². The smallest absolute Gasteiger partial charge is 0.333 e. The quantitative estimate of drug-likeness (QED) is 0.388. The molecule has 0 aromatic rings. The fourth-order valence-electron chi connectivity index (χ4n) is 0.685. The highest BCUT2D eigenvalue weighted by Gasteiger charge is 2.13. The molecule has 5 heteroatoms. The molecule has 0 saturated carbocycles. The van der Waals surface area contributed by atoms with Gasteiger partial charge in [-0.3, -0.25) is 4.79 Å². The van der Waals surface area contributed by atoms with Crippen LogP contribution in [0.2, 0.25) is 0 Å². The van der Waals surface area contributed by atoms with E-state index in [1.165, 1.54) is 6.92 Å². The number of aliphatic carboxylic acids is 1. The van der Waals surface area contributed by atoms with E-state index in [9.17, 15) is 9.59 Å². The molecule has 0 heterocycles. The Morgan fingerprint density at radius 1 is 1.43 bits per heavy atom. The zero-order valence-electron chi connectivity index (χ0n) is 8.28. The molecule has 0 radical (unpaired) electrons. The predicted octanol–water partition coefficient (Wildman–Crippen LogP) is 0.595. The summed E-state index contributed by atoms with van der Waals surface area (Å²) in [4.78, 5) is 20.8. The van der Waals surface area contributed by atoms with Gasteiger partial charge in [-0.2, -0.15) is 0 Å². The van der Waals surface area contributed by atoms with E-state index in [1.807, 2.05) is 0 Å². The Morgan fingerprint density at radius 2 is 2.00 bits per heavy atom. The van der Waals surface area contributed by atoms with Crippen molar-refractivity contribution in [2.75, 3.05) is 13.2 Å². The van der Waals surface area contributed by atoms with Crippen molar-refractivity contribution in [2.45, 2.75) is 20.0 Å². The van der Waals surface area contributed by atoms with Crippen molar-refractivity contribution >= 4 is 11.9 Å². The van der Waals surface area contributed by atoms with Crippen molar-refractivity contribution in [2.24, 2.45) is 0 Å². The Bertz CT molecular complexity index is 233. The summed E-state index contributed by atoms with van der Waals surface area (Å²) in [7, 11) is 0. The highest BCUT2D eigenvalue weighted by molar-refractivity contribution is 5.86. The number of hydrogen-bond acceptors (Lipinski definition) is 4. The van der Waals surface area contributed by atoms with Gasteiger partial charge in [0, 0.05) is 6.92 Å². The number of ether oxygens (including phenoxy) is 2. The first-order valence-corrected chi connectivity index (χ1v) is 4.12. The van der Waals surface area contributed by atoms with Crippen molar-refractivity contribution in [1.82, 2.24) is 0 Å². The number of esters is 1. The number of carboxylic acids is 1. The van der Waals surface area contributed by atoms with E-state index >= 15 is 0 Å². The van der Waals surface area contributed by atoms with Gasteiger partial charge >= 0.3 is 11.9 Å². The lowest BCUT2D eigenvalue weighted by molar-refractivity contribution is -0.143. The van der Waals surface area contributed by atoms with Crippen LogP contribution in [0.5, 0.6) is 0 Å². The topological polar surface area (TPSA) is 72.8 Å². The normalized spacial score (nSPS) is 11.9. The first kappa shape index (κ1) is 12.6. The van der Waals surface area contributed by atoms with Crippen molar-refractivity contribution in [3.8, 4) is 0 Å². The molecular weight excluding hydrogens is 188 g/mol. The number of hydrogen-bond donors (Lipinski definition) is 1. The van der Waals surface area contributed by atoms with Gasteiger partial charge in [0.15, 0.2) is 0 Å². The molecule has 0 aromatic heterocycles. The third kappa shape index (κ3) is 5.31. The average molecular weight is 202 g/mol. The molecule has 0 saturated heterocycles. The molecule has 0 aliphatic rings. The van der Waals surface area contributed by atoms with Gasteiger partial charge in [-0.15, -0.1) is 0 Å². The number of carbonyl (C=O) groups excluding carboxylic acids is 1. The van der Waals surface area contributed by atoms with Gasteiger partial charge in [-0.1, -0.05) is 6.58 Å². The zero-order valence-corrected chi connectivity index (χ0v) is 8.28. The third-order valence-corrected chi connectivity index (χ3v) is 1.52. The van der Waals surface area contributed by atoms with Crippen LogP contribution < -0.4 is 0 Å². The molecule has 0 rings (SSSR count). The summed E-state index contributed by atoms with van der Waals surface area (Å²) < 4.78 is 9.65. The largest absolute Gasteiger partial charge is 0.478 e. The Balaban J connectivity index is 3.64. The molecule has 5 nitrogen and oxygen atoms in total. The maximum Gasteiger partial charge on any atom is 0.333 e. The van der Waals surface area contributed by atoms with Crippen molar-refractivity contribution in [3.05, 3.63) is 12.2 Å². The van der Waals surface area contributed by atoms with Gasteiger partial charge in [0.1, 0.15) is 6.61 Å². The van der Waals surface area contributed by atoms with Crippen LogP contribution in [0.15, 0.2) is 12.2 Å². The molecule has 0 amide bonds. The van der Waals surface area contributed by atoms with Crippen LogP contribution in [0.25, 0.3) is 0 Å². The van der Waals surface area contributed by atoms with E-state index in [-0.39, 0.29) is 18.8 Å². The summed E-state index contributed by atoms with van der Waals surface area (Å²) in [6, 6.07) is 0. The SMILES string of the molecule is C=C(C(=O)O)C(C)OCCOC(C)=O. The minimum absolute atomic E-state index is 0.0205. The van der Waals surface area contributed by atoms with Crippen molar-refractivity contribution in [1.29, 1.82) is 0 Å². The van der Waals surface area contributed by atoms with Crippen LogP contribution >= 0.6 is 0 Å².